The average Bonchev–Trinajstić information content (AvgIpc) is 2.98. The Balaban J connectivity index is 1.66. The van der Waals surface area contributed by atoms with Gasteiger partial charge < -0.3 is 15.0 Å². The van der Waals surface area contributed by atoms with Crippen LogP contribution in [0.3, 0.4) is 0 Å². The second-order valence-electron chi connectivity index (χ2n) is 9.30. The maximum atomic E-state index is 14.0. The maximum Gasteiger partial charge on any atom is 0.322 e. The number of amides is 2. The van der Waals surface area contributed by atoms with Gasteiger partial charge >= 0.3 is 6.03 Å². The number of urea groups is 1. The largest absolute Gasteiger partial charge is 0.497 e. The van der Waals surface area contributed by atoms with Crippen molar-refractivity contribution in [1.82, 2.24) is 14.5 Å². The molecule has 7 nitrogen and oxygen atoms in total. The summed E-state index contributed by atoms with van der Waals surface area (Å²) in [5.74, 6) is 1.09. The molecule has 2 amide bonds. The number of carbonyl (C=O) groups is 1. The zero-order valence-electron chi connectivity index (χ0n) is 22.3. The third-order valence-corrected chi connectivity index (χ3v) is 6.98. The fraction of sp³-hybridized carbons (Fsp3) is 0.156. The van der Waals surface area contributed by atoms with Crippen LogP contribution in [-0.4, -0.2) is 27.6 Å². The highest BCUT2D eigenvalue weighted by molar-refractivity contribution is 6.30. The van der Waals surface area contributed by atoms with Crippen LogP contribution >= 0.6 is 11.6 Å². The third kappa shape index (κ3) is 5.70. The Morgan fingerprint density at radius 1 is 0.975 bits per heavy atom. The normalized spacial score (nSPS) is 11.7. The number of anilines is 1. The molecule has 0 saturated carbocycles. The quantitative estimate of drug-likeness (QED) is 0.220. The average molecular weight is 553 g/mol. The lowest BCUT2D eigenvalue weighted by Gasteiger charge is -2.32. The standard InChI is InChI=1S/C32H29ClN4O3/c1-3-29(30-35-28-15-8-7-14-27(28)31(38)37(30)25-18-16-23(33)17-19-25)36(21-22-10-5-4-6-11-22)32(39)34-24-12-9-13-26(20-24)40-2/h4-20,29H,3,21H2,1-2H3,(H,34,39). The first kappa shape index (κ1) is 27.0. The van der Waals surface area contributed by atoms with Gasteiger partial charge in [-0.1, -0.05) is 67.1 Å². The van der Waals surface area contributed by atoms with Crippen LogP contribution in [0.15, 0.2) is 108 Å². The molecule has 0 radical (unpaired) electrons. The van der Waals surface area contributed by atoms with Gasteiger partial charge in [0, 0.05) is 23.3 Å². The first-order valence-corrected chi connectivity index (χ1v) is 13.4. The number of hydrogen-bond acceptors (Lipinski definition) is 4. The molecule has 0 fully saturated rings. The molecular weight excluding hydrogens is 524 g/mol. The number of nitrogens with zero attached hydrogens (tertiary/aromatic N) is 3. The summed E-state index contributed by atoms with van der Waals surface area (Å²) in [7, 11) is 1.58. The summed E-state index contributed by atoms with van der Waals surface area (Å²) in [6, 6.07) is 30.4. The Morgan fingerprint density at radius 2 is 1.70 bits per heavy atom. The second-order valence-corrected chi connectivity index (χ2v) is 9.74. The number of hydrogen-bond donors (Lipinski definition) is 1. The molecule has 0 aliphatic heterocycles. The molecule has 0 saturated heterocycles. The minimum absolute atomic E-state index is 0.214. The van der Waals surface area contributed by atoms with Gasteiger partial charge in [0.25, 0.3) is 5.56 Å². The minimum atomic E-state index is -0.543. The van der Waals surface area contributed by atoms with Crippen molar-refractivity contribution in [2.24, 2.45) is 0 Å². The molecule has 4 aromatic carbocycles. The van der Waals surface area contributed by atoms with Crippen LogP contribution in [0, 0.1) is 0 Å². The van der Waals surface area contributed by atoms with E-state index < -0.39 is 6.04 Å². The van der Waals surface area contributed by atoms with Crippen molar-refractivity contribution in [3.8, 4) is 11.4 Å². The van der Waals surface area contributed by atoms with Crippen molar-refractivity contribution < 1.29 is 9.53 Å². The van der Waals surface area contributed by atoms with Crippen molar-refractivity contribution in [1.29, 1.82) is 0 Å². The number of aromatic nitrogens is 2. The van der Waals surface area contributed by atoms with E-state index in [1.165, 1.54) is 0 Å². The fourth-order valence-electron chi connectivity index (χ4n) is 4.76. The fourth-order valence-corrected chi connectivity index (χ4v) is 4.88. The lowest BCUT2D eigenvalue weighted by Crippen LogP contribution is -2.40. The van der Waals surface area contributed by atoms with Crippen LogP contribution in [0.25, 0.3) is 16.6 Å². The smallest absolute Gasteiger partial charge is 0.322 e. The van der Waals surface area contributed by atoms with E-state index in [0.717, 1.165) is 5.56 Å². The second kappa shape index (κ2) is 12.1. The van der Waals surface area contributed by atoms with E-state index in [1.807, 2.05) is 67.6 Å². The van der Waals surface area contributed by atoms with Crippen LogP contribution in [0.4, 0.5) is 10.5 Å². The molecule has 202 valence electrons. The number of methoxy groups -OCH3 is 1. The van der Waals surface area contributed by atoms with Crippen LogP contribution in [0.1, 0.15) is 30.8 Å². The molecular formula is C32H29ClN4O3. The molecule has 0 spiro atoms. The summed E-state index contributed by atoms with van der Waals surface area (Å²) < 4.78 is 6.92. The molecule has 8 heteroatoms. The first-order chi connectivity index (χ1) is 19.5. The van der Waals surface area contributed by atoms with E-state index in [1.54, 1.807) is 59.0 Å². The van der Waals surface area contributed by atoms with Gasteiger partial charge in [0.2, 0.25) is 0 Å². The monoisotopic (exact) mass is 552 g/mol. The van der Waals surface area contributed by atoms with E-state index >= 15 is 0 Å². The van der Waals surface area contributed by atoms with Crippen LogP contribution in [0.2, 0.25) is 5.02 Å². The van der Waals surface area contributed by atoms with Gasteiger partial charge in [0.15, 0.2) is 0 Å². The number of benzene rings is 4. The highest BCUT2D eigenvalue weighted by atomic mass is 35.5. The zero-order chi connectivity index (χ0) is 28.1. The molecule has 40 heavy (non-hydrogen) atoms. The van der Waals surface area contributed by atoms with Gasteiger partial charge in [-0.25, -0.2) is 9.78 Å². The summed E-state index contributed by atoms with van der Waals surface area (Å²) in [6.07, 6.45) is 0.511. The van der Waals surface area contributed by atoms with Gasteiger partial charge in [-0.2, -0.15) is 0 Å². The molecule has 5 rings (SSSR count). The summed E-state index contributed by atoms with van der Waals surface area (Å²) in [5.41, 5.74) is 2.52. The number of para-hydroxylation sites is 1. The van der Waals surface area contributed by atoms with Crippen LogP contribution in [-0.2, 0) is 6.54 Å². The molecule has 0 aliphatic rings. The van der Waals surface area contributed by atoms with Crippen molar-refractivity contribution in [2.45, 2.75) is 25.9 Å². The molecule has 1 N–H and O–H groups in total. The van der Waals surface area contributed by atoms with Crippen molar-refractivity contribution in [2.75, 3.05) is 12.4 Å². The third-order valence-electron chi connectivity index (χ3n) is 6.73. The molecule has 1 unspecified atom stereocenters. The van der Waals surface area contributed by atoms with Gasteiger partial charge in [-0.3, -0.25) is 9.36 Å². The van der Waals surface area contributed by atoms with Crippen molar-refractivity contribution in [3.63, 3.8) is 0 Å². The van der Waals surface area contributed by atoms with Gasteiger partial charge in [-0.05, 0) is 60.5 Å². The molecule has 0 bridgehead atoms. The van der Waals surface area contributed by atoms with Gasteiger partial charge in [0.05, 0.1) is 29.7 Å². The number of halogens is 1. The van der Waals surface area contributed by atoms with E-state index in [2.05, 4.69) is 5.32 Å². The molecule has 5 aromatic rings. The van der Waals surface area contributed by atoms with E-state index in [4.69, 9.17) is 21.3 Å². The lowest BCUT2D eigenvalue weighted by atomic mass is 10.1. The summed E-state index contributed by atoms with van der Waals surface area (Å²) in [5, 5.41) is 4.06. The minimum Gasteiger partial charge on any atom is -0.497 e. The SMILES string of the molecule is CCC(c1nc2ccccc2c(=O)n1-c1ccc(Cl)cc1)N(Cc1ccccc1)C(=O)Nc1cccc(OC)c1. The zero-order valence-corrected chi connectivity index (χ0v) is 23.0. The van der Waals surface area contributed by atoms with E-state index in [-0.39, 0.29) is 11.6 Å². The molecule has 1 aromatic heterocycles. The predicted octanol–water partition coefficient (Wildman–Crippen LogP) is 7.23. The Morgan fingerprint density at radius 3 is 2.42 bits per heavy atom. The van der Waals surface area contributed by atoms with Gasteiger partial charge in [-0.15, -0.1) is 0 Å². The predicted molar refractivity (Wildman–Crippen MR) is 159 cm³/mol. The summed E-state index contributed by atoms with van der Waals surface area (Å²) >= 11 is 6.17. The van der Waals surface area contributed by atoms with E-state index in [0.29, 0.717) is 51.8 Å². The highest BCUT2D eigenvalue weighted by Crippen LogP contribution is 2.29. The molecule has 1 heterocycles. The number of ether oxygens (including phenoxy) is 1. The van der Waals surface area contributed by atoms with Crippen molar-refractivity contribution in [3.05, 3.63) is 130 Å². The Kier molecular flexibility index (Phi) is 8.12. The number of rotatable bonds is 8. The number of fused-ring (bicyclic) bond motifs is 1. The lowest BCUT2D eigenvalue weighted by molar-refractivity contribution is 0.177. The maximum absolute atomic E-state index is 14.0. The van der Waals surface area contributed by atoms with E-state index in [9.17, 15) is 9.59 Å². The molecule has 1 atom stereocenters. The van der Waals surface area contributed by atoms with Gasteiger partial charge in [0.1, 0.15) is 11.6 Å². The Labute approximate surface area is 237 Å². The molecule has 0 aliphatic carbocycles. The van der Waals surface area contributed by atoms with Crippen LogP contribution < -0.4 is 15.6 Å². The summed E-state index contributed by atoms with van der Waals surface area (Å²) in [4.78, 5) is 34.6. The van der Waals surface area contributed by atoms with Crippen molar-refractivity contribution >= 4 is 34.2 Å². The van der Waals surface area contributed by atoms with Crippen LogP contribution in [0.5, 0.6) is 5.75 Å². The number of carbonyl (C=O) groups excluding carboxylic acids is 1. The Bertz CT molecular complexity index is 1690. The summed E-state index contributed by atoms with van der Waals surface area (Å²) in [6.45, 7) is 2.29. The first-order valence-electron chi connectivity index (χ1n) is 13.0. The topological polar surface area (TPSA) is 76.5 Å². The number of nitrogens with one attached hydrogen (secondary N) is 1. The Hall–Kier alpha value is -4.62. The highest BCUT2D eigenvalue weighted by Gasteiger charge is 2.29.